The molecule has 10 nitrogen and oxygen atoms in total. The number of carbonyl (C=O) groups excluding carboxylic acids is 1. The molecule has 0 unspecified atom stereocenters. The van der Waals surface area contributed by atoms with Gasteiger partial charge in [0.25, 0.3) is 5.91 Å². The topological polar surface area (TPSA) is 176 Å². The number of carbonyl (C=O) groups is 2. The Hall–Kier alpha value is -4.58. The van der Waals surface area contributed by atoms with Crippen molar-refractivity contribution in [2.24, 2.45) is 5.16 Å². The van der Waals surface area contributed by atoms with Gasteiger partial charge < -0.3 is 31.5 Å². The van der Waals surface area contributed by atoms with Crippen molar-refractivity contribution in [2.75, 3.05) is 11.9 Å². The number of thiazole rings is 1. The minimum absolute atomic E-state index is 0. The number of anilines is 1. The summed E-state index contributed by atoms with van der Waals surface area (Å²) in [6, 6.07) is 30.1. The number of aliphatic carboxylic acids is 1. The monoisotopic (exact) mass is 548 g/mol. The van der Waals surface area contributed by atoms with Crippen LogP contribution in [0.4, 0.5) is 5.13 Å². The smallest absolute Gasteiger partial charge is 0.360 e. The Morgan fingerprint density at radius 3 is 1.90 bits per heavy atom. The van der Waals surface area contributed by atoms with E-state index in [2.05, 4.69) is 20.8 Å². The number of rotatable bonds is 9. The van der Waals surface area contributed by atoms with E-state index in [1.165, 1.54) is 11.3 Å². The van der Waals surface area contributed by atoms with Gasteiger partial charge in [-0.25, -0.2) is 9.78 Å². The van der Waals surface area contributed by atoms with E-state index in [4.69, 9.17) is 4.84 Å². The number of carboxylic acid groups (broad SMARTS) is 1. The highest BCUT2D eigenvalue weighted by Gasteiger charge is 2.37. The molecule has 1 fully saturated rings. The van der Waals surface area contributed by atoms with Gasteiger partial charge in [0.1, 0.15) is 11.2 Å². The highest BCUT2D eigenvalue weighted by molar-refractivity contribution is 7.14. The molecular formula is C28H28N4O6S. The summed E-state index contributed by atoms with van der Waals surface area (Å²) in [7, 11) is 0. The number of hydrogen-bond donors (Lipinski definition) is 3. The lowest BCUT2D eigenvalue weighted by Crippen LogP contribution is -2.38. The Morgan fingerprint density at radius 1 is 0.949 bits per heavy atom. The first-order chi connectivity index (χ1) is 18.1. The van der Waals surface area contributed by atoms with Crippen LogP contribution < -0.4 is 10.6 Å². The molecule has 1 aliphatic rings. The molecule has 0 saturated carbocycles. The van der Waals surface area contributed by atoms with E-state index in [-0.39, 0.29) is 28.3 Å². The number of amides is 1. The van der Waals surface area contributed by atoms with Crippen LogP contribution in [0, 0.1) is 0 Å². The number of nitrogens with zero attached hydrogens (tertiary/aromatic N) is 2. The van der Waals surface area contributed by atoms with Gasteiger partial charge in [0, 0.05) is 18.3 Å². The van der Waals surface area contributed by atoms with Crippen LogP contribution in [-0.2, 0) is 20.0 Å². The van der Waals surface area contributed by atoms with Crippen LogP contribution in [0.25, 0.3) is 0 Å². The summed E-state index contributed by atoms with van der Waals surface area (Å²) < 4.78 is 0. The summed E-state index contributed by atoms with van der Waals surface area (Å²) in [5.74, 6) is -1.61. The van der Waals surface area contributed by atoms with Crippen LogP contribution in [0.1, 0.15) is 28.8 Å². The van der Waals surface area contributed by atoms with Crippen LogP contribution in [0.5, 0.6) is 0 Å². The van der Waals surface area contributed by atoms with Gasteiger partial charge in [0.2, 0.25) is 11.8 Å². The van der Waals surface area contributed by atoms with Crippen molar-refractivity contribution < 1.29 is 30.5 Å². The normalized spacial score (nSPS) is 14.9. The van der Waals surface area contributed by atoms with E-state index in [1.54, 1.807) is 5.38 Å². The molecule has 1 aliphatic heterocycles. The van der Waals surface area contributed by atoms with Crippen LogP contribution in [-0.4, -0.2) is 51.3 Å². The molecular weight excluding hydrogens is 520 g/mol. The van der Waals surface area contributed by atoms with Gasteiger partial charge >= 0.3 is 5.97 Å². The molecule has 11 heteroatoms. The zero-order valence-electron chi connectivity index (χ0n) is 20.7. The first-order valence-electron chi connectivity index (χ1n) is 11.7. The van der Waals surface area contributed by atoms with Crippen molar-refractivity contribution in [3.63, 3.8) is 0 Å². The second kappa shape index (κ2) is 12.8. The Morgan fingerprint density at radius 2 is 1.46 bits per heavy atom. The zero-order chi connectivity index (χ0) is 25.7. The largest absolute Gasteiger partial charge is 0.476 e. The fraction of sp³-hybridized carbons (Fsp3) is 0.143. The lowest BCUT2D eigenvalue weighted by Gasteiger charge is -2.36. The minimum atomic E-state index is -1.30. The van der Waals surface area contributed by atoms with Gasteiger partial charge in [-0.3, -0.25) is 4.79 Å². The molecule has 5 rings (SSSR count). The average molecular weight is 549 g/mol. The van der Waals surface area contributed by atoms with Crippen LogP contribution in [0.15, 0.2) is 102 Å². The lowest BCUT2D eigenvalue weighted by atomic mass is 9.77. The number of aromatic nitrogens is 1. The molecule has 1 amide bonds. The predicted molar refractivity (Wildman–Crippen MR) is 149 cm³/mol. The van der Waals surface area contributed by atoms with Crippen molar-refractivity contribution >= 4 is 34.1 Å². The number of carboxylic acids is 1. The fourth-order valence-corrected chi connectivity index (χ4v) is 5.12. The molecule has 0 aliphatic carbocycles. The molecule has 0 spiro atoms. The van der Waals surface area contributed by atoms with Crippen molar-refractivity contribution in [1.29, 1.82) is 0 Å². The van der Waals surface area contributed by atoms with Crippen LogP contribution in [0.2, 0.25) is 0 Å². The Bertz CT molecular complexity index is 1320. The Balaban J connectivity index is 0.00000210. The van der Waals surface area contributed by atoms with Crippen molar-refractivity contribution in [1.82, 2.24) is 10.3 Å². The van der Waals surface area contributed by atoms with Gasteiger partial charge in [-0.15, -0.1) is 11.3 Å². The van der Waals surface area contributed by atoms with Crippen molar-refractivity contribution in [2.45, 2.75) is 18.1 Å². The third kappa shape index (κ3) is 5.96. The van der Waals surface area contributed by atoms with Gasteiger partial charge in [-0.1, -0.05) is 96.2 Å². The van der Waals surface area contributed by atoms with Gasteiger partial charge in [-0.05, 0) is 16.7 Å². The van der Waals surface area contributed by atoms with Gasteiger partial charge in [0.05, 0.1) is 0 Å². The highest BCUT2D eigenvalue weighted by Crippen LogP contribution is 2.40. The van der Waals surface area contributed by atoms with Crippen LogP contribution >= 0.6 is 11.3 Å². The van der Waals surface area contributed by atoms with Crippen molar-refractivity contribution in [3.8, 4) is 0 Å². The summed E-state index contributed by atoms with van der Waals surface area (Å²) in [6.45, 7) is 0.465. The summed E-state index contributed by atoms with van der Waals surface area (Å²) in [5, 5.41) is 21.9. The molecule has 202 valence electrons. The van der Waals surface area contributed by atoms with Gasteiger partial charge in [0.15, 0.2) is 5.13 Å². The lowest BCUT2D eigenvalue weighted by molar-refractivity contribution is -0.131. The summed E-state index contributed by atoms with van der Waals surface area (Å²) in [5.41, 5.74) is 1.94. The molecule has 1 aromatic heterocycles. The fourth-order valence-electron chi connectivity index (χ4n) is 4.36. The molecule has 1 saturated heterocycles. The summed E-state index contributed by atoms with van der Waals surface area (Å²) in [6.07, 6.45) is -0.389. The molecule has 4 aromatic rings. The van der Waals surface area contributed by atoms with E-state index >= 15 is 0 Å². The zero-order valence-corrected chi connectivity index (χ0v) is 21.5. The second-order valence-electron chi connectivity index (χ2n) is 8.43. The standard InChI is InChI=1S/C28H24N4O4S.2H2O/c33-25-23(16-17-29-25)36-32-24(26(34)35)22-18-37-27(30-22)31-28(19-10-4-1-5-11-19,20-12-6-2-7-13-20)21-14-8-3-9-15-21;;/h1-15,18,23H,16-17H2,(H,29,33)(H,30,31)(H,34,35);2*1H2/t23-;;/m1../s1. The number of benzene rings is 3. The van der Waals surface area contributed by atoms with E-state index < -0.39 is 17.6 Å². The molecule has 39 heavy (non-hydrogen) atoms. The molecule has 2 heterocycles. The third-order valence-electron chi connectivity index (χ3n) is 6.13. The number of hydrogen-bond acceptors (Lipinski definition) is 7. The summed E-state index contributed by atoms with van der Waals surface area (Å²) in [4.78, 5) is 33.6. The number of oxime groups is 1. The average Bonchev–Trinajstić information content (AvgIpc) is 3.57. The molecule has 0 bridgehead atoms. The highest BCUT2D eigenvalue weighted by atomic mass is 32.1. The maximum Gasteiger partial charge on any atom is 0.360 e. The molecule has 3 aromatic carbocycles. The Kier molecular flexibility index (Phi) is 9.50. The second-order valence-corrected chi connectivity index (χ2v) is 9.29. The third-order valence-corrected chi connectivity index (χ3v) is 6.89. The van der Waals surface area contributed by atoms with E-state index in [9.17, 15) is 14.7 Å². The Labute approximate surface area is 228 Å². The van der Waals surface area contributed by atoms with E-state index in [0.717, 1.165) is 16.7 Å². The molecule has 7 N–H and O–H groups in total. The van der Waals surface area contributed by atoms with E-state index in [1.807, 2.05) is 91.0 Å². The SMILES string of the molecule is O.O.O=C(O)C(=NO[C@@H]1CCNC1=O)c1csc(NC(c2ccccc2)(c2ccccc2)c2ccccc2)n1. The number of nitrogens with one attached hydrogen (secondary N) is 2. The summed E-state index contributed by atoms with van der Waals surface area (Å²) >= 11 is 1.26. The first kappa shape index (κ1) is 29.0. The first-order valence-corrected chi connectivity index (χ1v) is 12.6. The van der Waals surface area contributed by atoms with E-state index in [0.29, 0.717) is 18.1 Å². The molecule has 0 radical (unpaired) electrons. The van der Waals surface area contributed by atoms with Gasteiger partial charge in [-0.2, -0.15) is 0 Å². The minimum Gasteiger partial charge on any atom is -0.476 e. The maximum atomic E-state index is 12.0. The maximum absolute atomic E-state index is 12.0. The molecule has 1 atom stereocenters. The van der Waals surface area contributed by atoms with Crippen LogP contribution in [0.3, 0.4) is 0 Å². The van der Waals surface area contributed by atoms with Crippen molar-refractivity contribution in [3.05, 3.63) is 119 Å². The quantitative estimate of drug-likeness (QED) is 0.164. The predicted octanol–water partition coefficient (Wildman–Crippen LogP) is 2.59.